The van der Waals surface area contributed by atoms with Gasteiger partial charge in [-0.1, -0.05) is 95.5 Å². The highest BCUT2D eigenvalue weighted by Crippen LogP contribution is 2.41. The first-order chi connectivity index (χ1) is 18.2. The lowest BCUT2D eigenvalue weighted by atomic mass is 9.69. The smallest absolute Gasteiger partial charge is 0.0830 e. The number of aryl methyl sites for hydroxylation is 2. The van der Waals surface area contributed by atoms with Crippen molar-refractivity contribution in [3.05, 3.63) is 94.3 Å². The van der Waals surface area contributed by atoms with Gasteiger partial charge in [0.25, 0.3) is 0 Å². The Kier molecular flexibility index (Phi) is 8.93. The Bertz CT molecular complexity index is 1260. The zero-order chi connectivity index (χ0) is 27.3. The summed E-state index contributed by atoms with van der Waals surface area (Å²) in [5.74, 6) is 0.618. The maximum absolute atomic E-state index is 10.9. The zero-order valence-electron chi connectivity index (χ0n) is 24.5. The highest BCUT2D eigenvalue weighted by molar-refractivity contribution is 5.68. The second-order valence-electron chi connectivity index (χ2n) is 12.1. The molecule has 0 amide bonds. The predicted octanol–water partition coefficient (Wildman–Crippen LogP) is 9.38. The van der Waals surface area contributed by atoms with Crippen molar-refractivity contribution in [2.75, 3.05) is 0 Å². The van der Waals surface area contributed by atoms with Crippen LogP contribution < -0.4 is 0 Å². The van der Waals surface area contributed by atoms with Crippen molar-refractivity contribution in [2.45, 2.75) is 104 Å². The van der Waals surface area contributed by atoms with Crippen molar-refractivity contribution in [3.63, 3.8) is 0 Å². The number of hydrogen-bond donors (Lipinski definition) is 1. The van der Waals surface area contributed by atoms with E-state index >= 15 is 0 Å². The van der Waals surface area contributed by atoms with Crippen LogP contribution in [0.1, 0.15) is 106 Å². The number of aliphatic hydroxyl groups is 1. The van der Waals surface area contributed by atoms with E-state index in [1.165, 1.54) is 50.9 Å². The van der Waals surface area contributed by atoms with Gasteiger partial charge in [-0.15, -0.1) is 0 Å². The highest BCUT2D eigenvalue weighted by Gasteiger charge is 2.31. The van der Waals surface area contributed by atoms with Crippen LogP contribution in [0.4, 0.5) is 0 Å². The van der Waals surface area contributed by atoms with Crippen molar-refractivity contribution in [1.29, 1.82) is 0 Å². The molecular formula is C36H47NO. The lowest BCUT2D eigenvalue weighted by Gasteiger charge is -2.34. The van der Waals surface area contributed by atoms with Gasteiger partial charge >= 0.3 is 0 Å². The van der Waals surface area contributed by atoms with E-state index in [9.17, 15) is 5.11 Å². The normalized spacial score (nSPS) is 15.9. The van der Waals surface area contributed by atoms with E-state index < -0.39 is 5.60 Å². The molecule has 1 fully saturated rings. The average molecular weight is 510 g/mol. The summed E-state index contributed by atoms with van der Waals surface area (Å²) in [6.07, 6.45) is 16.6. The summed E-state index contributed by atoms with van der Waals surface area (Å²) in [6.45, 7) is 13.6. The van der Waals surface area contributed by atoms with Gasteiger partial charge in [0.15, 0.2) is 0 Å². The third-order valence-corrected chi connectivity index (χ3v) is 8.85. The molecule has 2 heteroatoms. The summed E-state index contributed by atoms with van der Waals surface area (Å²) < 4.78 is 0. The van der Waals surface area contributed by atoms with E-state index in [-0.39, 0.29) is 5.41 Å². The van der Waals surface area contributed by atoms with Crippen molar-refractivity contribution < 1.29 is 5.11 Å². The van der Waals surface area contributed by atoms with Crippen LogP contribution in [0.5, 0.6) is 0 Å². The Balaban J connectivity index is 1.65. The van der Waals surface area contributed by atoms with Crippen LogP contribution in [0.25, 0.3) is 17.2 Å². The third kappa shape index (κ3) is 6.12. The minimum absolute atomic E-state index is 0.0321. The second kappa shape index (κ2) is 12.0. The lowest BCUT2D eigenvalue weighted by molar-refractivity contribution is 0.0521. The number of aromatic nitrogens is 1. The molecule has 0 bridgehead atoms. The van der Waals surface area contributed by atoms with Gasteiger partial charge in [-0.05, 0) is 96.9 Å². The summed E-state index contributed by atoms with van der Waals surface area (Å²) >= 11 is 0. The van der Waals surface area contributed by atoms with Crippen LogP contribution in [0.3, 0.4) is 0 Å². The molecule has 2 nitrogen and oxygen atoms in total. The standard InChI is InChI=1S/C36H47NO/c1-7-36(8-2,32-13-12-30(27(5)21-32)16-19-35(38)17-10-9-11-18-35)33-14-15-34(28(6)22-33)31-23-29(20-26(3)4)24-37-25-31/h12-16,19,21-26,38H,7-11,17-18,20H2,1-6H3/b19-16+. The minimum Gasteiger partial charge on any atom is -0.386 e. The van der Waals surface area contributed by atoms with Gasteiger partial charge in [0.05, 0.1) is 5.60 Å². The first-order valence-corrected chi connectivity index (χ1v) is 14.8. The number of nitrogens with zero attached hydrogens (tertiary/aromatic N) is 1. The molecule has 0 spiro atoms. The van der Waals surface area contributed by atoms with Crippen LogP contribution >= 0.6 is 0 Å². The molecule has 3 aromatic rings. The molecule has 1 N–H and O–H groups in total. The molecular weight excluding hydrogens is 462 g/mol. The molecule has 2 aromatic carbocycles. The predicted molar refractivity (Wildman–Crippen MR) is 163 cm³/mol. The maximum Gasteiger partial charge on any atom is 0.0830 e. The Morgan fingerprint density at radius 3 is 2.16 bits per heavy atom. The van der Waals surface area contributed by atoms with Crippen LogP contribution in [-0.2, 0) is 11.8 Å². The molecule has 0 saturated heterocycles. The molecule has 1 aliphatic carbocycles. The molecule has 1 saturated carbocycles. The summed E-state index contributed by atoms with van der Waals surface area (Å²) in [7, 11) is 0. The molecule has 38 heavy (non-hydrogen) atoms. The summed E-state index contributed by atoms with van der Waals surface area (Å²) in [5, 5.41) is 10.9. The van der Waals surface area contributed by atoms with Gasteiger partial charge in [0.1, 0.15) is 0 Å². The molecule has 202 valence electrons. The minimum atomic E-state index is -0.636. The monoisotopic (exact) mass is 509 g/mol. The van der Waals surface area contributed by atoms with Gasteiger partial charge in [0, 0.05) is 23.4 Å². The van der Waals surface area contributed by atoms with Crippen LogP contribution in [-0.4, -0.2) is 15.7 Å². The fourth-order valence-electron chi connectivity index (χ4n) is 6.47. The number of hydrogen-bond acceptors (Lipinski definition) is 2. The number of pyridine rings is 1. The van der Waals surface area contributed by atoms with Gasteiger partial charge in [-0.2, -0.15) is 0 Å². The first-order valence-electron chi connectivity index (χ1n) is 14.8. The fourth-order valence-corrected chi connectivity index (χ4v) is 6.47. The average Bonchev–Trinajstić information content (AvgIpc) is 2.89. The van der Waals surface area contributed by atoms with E-state index in [0.717, 1.165) is 44.9 Å². The Morgan fingerprint density at radius 2 is 1.55 bits per heavy atom. The van der Waals surface area contributed by atoms with E-state index in [0.29, 0.717) is 5.92 Å². The highest BCUT2D eigenvalue weighted by atomic mass is 16.3. The van der Waals surface area contributed by atoms with Gasteiger partial charge in [0.2, 0.25) is 0 Å². The second-order valence-corrected chi connectivity index (χ2v) is 12.1. The van der Waals surface area contributed by atoms with Gasteiger partial charge in [-0.3, -0.25) is 4.98 Å². The molecule has 0 aliphatic heterocycles. The van der Waals surface area contributed by atoms with E-state index in [2.05, 4.69) is 95.1 Å². The first kappa shape index (κ1) is 28.3. The van der Waals surface area contributed by atoms with Crippen molar-refractivity contribution in [3.8, 4) is 11.1 Å². The zero-order valence-corrected chi connectivity index (χ0v) is 24.5. The number of benzene rings is 2. The van der Waals surface area contributed by atoms with E-state index in [1.807, 2.05) is 18.5 Å². The quantitative estimate of drug-likeness (QED) is 0.312. The fraction of sp³-hybridized carbons (Fsp3) is 0.472. The topological polar surface area (TPSA) is 33.1 Å². The SMILES string of the molecule is CCC(CC)(c1ccc(/C=C/C2(O)CCCCC2)c(C)c1)c1ccc(-c2cncc(CC(C)C)c2)c(C)c1. The van der Waals surface area contributed by atoms with E-state index in [1.54, 1.807) is 0 Å². The van der Waals surface area contributed by atoms with Crippen LogP contribution in [0.2, 0.25) is 0 Å². The maximum atomic E-state index is 10.9. The molecule has 1 aliphatic rings. The van der Waals surface area contributed by atoms with E-state index in [4.69, 9.17) is 0 Å². The van der Waals surface area contributed by atoms with Crippen LogP contribution in [0.15, 0.2) is 60.9 Å². The van der Waals surface area contributed by atoms with Crippen LogP contribution in [0, 0.1) is 19.8 Å². The summed E-state index contributed by atoms with van der Waals surface area (Å²) in [4.78, 5) is 4.55. The molecule has 0 atom stereocenters. The van der Waals surface area contributed by atoms with Crippen molar-refractivity contribution in [2.24, 2.45) is 5.92 Å². The Hall–Kier alpha value is -2.71. The molecule has 0 unspecified atom stereocenters. The molecule has 4 rings (SSSR count). The lowest BCUT2D eigenvalue weighted by Crippen LogP contribution is -2.28. The Morgan fingerprint density at radius 1 is 0.895 bits per heavy atom. The van der Waals surface area contributed by atoms with Crippen molar-refractivity contribution >= 4 is 6.08 Å². The molecule has 1 aromatic heterocycles. The largest absolute Gasteiger partial charge is 0.386 e. The summed E-state index contributed by atoms with van der Waals surface area (Å²) in [6, 6.07) is 16.3. The van der Waals surface area contributed by atoms with Gasteiger partial charge < -0.3 is 5.11 Å². The molecule has 1 heterocycles. The molecule has 0 radical (unpaired) electrons. The van der Waals surface area contributed by atoms with Crippen molar-refractivity contribution in [1.82, 2.24) is 4.98 Å². The summed E-state index contributed by atoms with van der Waals surface area (Å²) in [5.41, 5.74) is 9.64. The third-order valence-electron chi connectivity index (χ3n) is 8.85. The number of rotatable bonds is 9. The van der Waals surface area contributed by atoms with Gasteiger partial charge in [-0.25, -0.2) is 0 Å². The Labute approximate surface area is 231 Å².